The lowest BCUT2D eigenvalue weighted by molar-refractivity contribution is 1.73. The maximum atomic E-state index is 3.47. The second-order valence-electron chi connectivity index (χ2n) is 2.94. The van der Waals surface area contributed by atoms with Gasteiger partial charge in [-0.15, -0.1) is 0 Å². The van der Waals surface area contributed by atoms with Crippen molar-refractivity contribution in [3.63, 3.8) is 0 Å². The lowest BCUT2D eigenvalue weighted by atomic mass is 9.90. The molecule has 0 aromatic heterocycles. The van der Waals surface area contributed by atoms with E-state index in [1.165, 1.54) is 16.2 Å². The van der Waals surface area contributed by atoms with Crippen molar-refractivity contribution in [2.45, 2.75) is 0 Å². The molecular formula is C10H8BBr. The molecule has 2 rings (SSSR count). The van der Waals surface area contributed by atoms with E-state index in [0.717, 1.165) is 4.47 Å². The summed E-state index contributed by atoms with van der Waals surface area (Å²) >= 11 is 3.47. The molecule has 0 aliphatic carbocycles. The molecule has 0 saturated heterocycles. The van der Waals surface area contributed by atoms with Crippen LogP contribution in [-0.4, -0.2) is 7.85 Å². The fourth-order valence-electron chi connectivity index (χ4n) is 1.40. The first-order valence-corrected chi connectivity index (χ1v) is 4.71. The van der Waals surface area contributed by atoms with Crippen LogP contribution in [0.25, 0.3) is 10.8 Å². The molecule has 0 amide bonds. The topological polar surface area (TPSA) is 0 Å². The molecule has 0 heterocycles. The summed E-state index contributed by atoms with van der Waals surface area (Å²) in [5.41, 5.74) is 1.33. The average molecular weight is 219 g/mol. The van der Waals surface area contributed by atoms with Crippen LogP contribution in [0.2, 0.25) is 0 Å². The van der Waals surface area contributed by atoms with Crippen LogP contribution in [0.5, 0.6) is 0 Å². The van der Waals surface area contributed by atoms with Gasteiger partial charge in [0.25, 0.3) is 0 Å². The molecule has 0 saturated carbocycles. The molecule has 0 aliphatic rings. The Morgan fingerprint density at radius 1 is 1.08 bits per heavy atom. The van der Waals surface area contributed by atoms with Gasteiger partial charge in [0, 0.05) is 4.47 Å². The first-order chi connectivity index (χ1) is 5.77. The van der Waals surface area contributed by atoms with Gasteiger partial charge < -0.3 is 0 Å². The van der Waals surface area contributed by atoms with E-state index in [1.54, 1.807) is 0 Å². The molecular weight excluding hydrogens is 211 g/mol. The molecule has 0 radical (unpaired) electrons. The molecule has 0 fully saturated rings. The number of rotatable bonds is 0. The Morgan fingerprint density at radius 2 is 1.92 bits per heavy atom. The Kier molecular flexibility index (Phi) is 1.93. The number of hydrogen-bond acceptors (Lipinski definition) is 0. The van der Waals surface area contributed by atoms with Crippen LogP contribution in [0, 0.1) is 0 Å². The van der Waals surface area contributed by atoms with Crippen molar-refractivity contribution in [3.8, 4) is 0 Å². The van der Waals surface area contributed by atoms with Gasteiger partial charge in [-0.3, -0.25) is 0 Å². The van der Waals surface area contributed by atoms with E-state index < -0.39 is 0 Å². The van der Waals surface area contributed by atoms with Gasteiger partial charge in [0.15, 0.2) is 0 Å². The number of fused-ring (bicyclic) bond motifs is 1. The normalized spacial score (nSPS) is 10.4. The van der Waals surface area contributed by atoms with Gasteiger partial charge in [0.05, 0.1) is 0 Å². The van der Waals surface area contributed by atoms with E-state index in [2.05, 4.69) is 60.2 Å². The minimum atomic E-state index is 1.14. The van der Waals surface area contributed by atoms with Gasteiger partial charge in [-0.1, -0.05) is 45.7 Å². The Balaban J connectivity index is 2.88. The van der Waals surface area contributed by atoms with E-state index in [9.17, 15) is 0 Å². The first kappa shape index (κ1) is 7.87. The number of benzene rings is 2. The lowest BCUT2D eigenvalue weighted by Gasteiger charge is -2.01. The van der Waals surface area contributed by atoms with Crippen molar-refractivity contribution < 1.29 is 0 Å². The molecule has 58 valence electrons. The molecule has 0 spiro atoms. The standard InChI is InChI=1S/C10H8BBr/c11-10-3-1-2-7-4-5-8(12)6-9(7)10/h1-6H,11H2. The van der Waals surface area contributed by atoms with Crippen molar-refractivity contribution in [2.24, 2.45) is 0 Å². The molecule has 2 heteroatoms. The molecule has 12 heavy (non-hydrogen) atoms. The maximum absolute atomic E-state index is 3.47. The van der Waals surface area contributed by atoms with Gasteiger partial charge in [0.2, 0.25) is 0 Å². The van der Waals surface area contributed by atoms with Crippen LogP contribution in [0.4, 0.5) is 0 Å². The van der Waals surface area contributed by atoms with E-state index in [-0.39, 0.29) is 0 Å². The molecule has 2 aromatic rings. The second kappa shape index (κ2) is 2.94. The van der Waals surface area contributed by atoms with Crippen LogP contribution in [0.1, 0.15) is 0 Å². The molecule has 0 aliphatic heterocycles. The van der Waals surface area contributed by atoms with Crippen LogP contribution >= 0.6 is 15.9 Å². The predicted molar refractivity (Wildman–Crippen MR) is 59.8 cm³/mol. The van der Waals surface area contributed by atoms with E-state index >= 15 is 0 Å². The number of hydrogen-bond donors (Lipinski definition) is 0. The number of halogens is 1. The van der Waals surface area contributed by atoms with Crippen LogP contribution in [0.3, 0.4) is 0 Å². The Hall–Kier alpha value is -0.755. The summed E-state index contributed by atoms with van der Waals surface area (Å²) in [6.45, 7) is 0. The van der Waals surface area contributed by atoms with Crippen molar-refractivity contribution in [3.05, 3.63) is 40.9 Å². The van der Waals surface area contributed by atoms with Crippen LogP contribution in [0.15, 0.2) is 40.9 Å². The third-order valence-electron chi connectivity index (χ3n) is 2.06. The Bertz CT molecular complexity index is 423. The molecule has 0 atom stereocenters. The predicted octanol–water partition coefficient (Wildman–Crippen LogP) is 1.86. The zero-order chi connectivity index (χ0) is 8.55. The van der Waals surface area contributed by atoms with Gasteiger partial charge >= 0.3 is 0 Å². The Labute approximate surface area is 81.1 Å². The van der Waals surface area contributed by atoms with Crippen molar-refractivity contribution in [1.29, 1.82) is 0 Å². The zero-order valence-electron chi connectivity index (χ0n) is 6.84. The molecule has 0 N–H and O–H groups in total. The maximum Gasteiger partial charge on any atom is 0.140 e. The fraction of sp³-hybridized carbons (Fsp3) is 0. The van der Waals surface area contributed by atoms with Gasteiger partial charge in [-0.25, -0.2) is 0 Å². The summed E-state index contributed by atoms with van der Waals surface area (Å²) in [5.74, 6) is 0. The summed E-state index contributed by atoms with van der Waals surface area (Å²) in [7, 11) is 2.13. The monoisotopic (exact) mass is 218 g/mol. The summed E-state index contributed by atoms with van der Waals surface area (Å²) < 4.78 is 1.14. The minimum absolute atomic E-state index is 1.14. The Morgan fingerprint density at radius 3 is 2.75 bits per heavy atom. The van der Waals surface area contributed by atoms with Gasteiger partial charge in [-0.2, -0.15) is 0 Å². The highest BCUT2D eigenvalue weighted by Crippen LogP contribution is 2.17. The van der Waals surface area contributed by atoms with Crippen LogP contribution in [-0.2, 0) is 0 Å². The van der Waals surface area contributed by atoms with E-state index in [1.807, 2.05) is 0 Å². The lowest BCUT2D eigenvalue weighted by Crippen LogP contribution is -2.02. The summed E-state index contributed by atoms with van der Waals surface area (Å²) in [5, 5.41) is 2.63. The smallest absolute Gasteiger partial charge is 0.0812 e. The molecule has 0 unspecified atom stereocenters. The third-order valence-corrected chi connectivity index (χ3v) is 2.56. The highest BCUT2D eigenvalue weighted by atomic mass is 79.9. The van der Waals surface area contributed by atoms with Crippen molar-refractivity contribution in [1.82, 2.24) is 0 Å². The largest absolute Gasteiger partial charge is 0.140 e. The van der Waals surface area contributed by atoms with Gasteiger partial charge in [0.1, 0.15) is 7.85 Å². The molecule has 0 bridgehead atoms. The SMILES string of the molecule is Bc1cccc2ccc(Br)cc12. The zero-order valence-corrected chi connectivity index (χ0v) is 8.43. The van der Waals surface area contributed by atoms with Crippen molar-refractivity contribution >= 4 is 40.0 Å². The minimum Gasteiger partial charge on any atom is -0.0812 e. The summed E-state index contributed by atoms with van der Waals surface area (Å²) in [6.07, 6.45) is 0. The fourth-order valence-corrected chi connectivity index (χ4v) is 1.76. The summed E-state index contributed by atoms with van der Waals surface area (Å²) in [4.78, 5) is 0. The van der Waals surface area contributed by atoms with E-state index in [0.29, 0.717) is 0 Å². The first-order valence-electron chi connectivity index (χ1n) is 3.92. The molecule has 0 nitrogen and oxygen atoms in total. The molecule has 2 aromatic carbocycles. The van der Waals surface area contributed by atoms with Gasteiger partial charge in [-0.05, 0) is 22.9 Å². The van der Waals surface area contributed by atoms with Crippen molar-refractivity contribution in [2.75, 3.05) is 0 Å². The quantitative estimate of drug-likeness (QED) is 0.593. The highest BCUT2D eigenvalue weighted by molar-refractivity contribution is 9.10. The average Bonchev–Trinajstić information content (AvgIpc) is 2.07. The van der Waals surface area contributed by atoms with E-state index in [4.69, 9.17) is 0 Å². The third kappa shape index (κ3) is 1.27. The highest BCUT2D eigenvalue weighted by Gasteiger charge is 1.95. The summed E-state index contributed by atoms with van der Waals surface area (Å²) in [6, 6.07) is 12.7. The van der Waals surface area contributed by atoms with Crippen LogP contribution < -0.4 is 5.46 Å². The second-order valence-corrected chi connectivity index (χ2v) is 3.86.